The van der Waals surface area contributed by atoms with E-state index in [0.29, 0.717) is 0 Å². The molecule has 0 saturated heterocycles. The molecule has 0 saturated carbocycles. The van der Waals surface area contributed by atoms with Gasteiger partial charge in [-0.1, -0.05) is 197 Å². The largest absolute Gasteiger partial charge is 0.311 e. The number of rotatable bonds is 6. The maximum Gasteiger partial charge on any atom is 0.252 e. The van der Waals surface area contributed by atoms with E-state index >= 15 is 0 Å². The topological polar surface area (TPSA) is 9.72 Å². The lowest BCUT2D eigenvalue weighted by atomic mass is 9.33. The molecule has 3 nitrogen and oxygen atoms in total. The van der Waals surface area contributed by atoms with Crippen LogP contribution >= 0.6 is 0 Å². The Hall–Kier alpha value is -7.56. The van der Waals surface area contributed by atoms with Gasteiger partial charge < -0.3 is 14.7 Å². The number of hydrogen-bond acceptors (Lipinski definition) is 3. The number of para-hydroxylation sites is 2. The van der Waals surface area contributed by atoms with Gasteiger partial charge in [0.25, 0.3) is 6.71 Å². The lowest BCUT2D eigenvalue weighted by Crippen LogP contribution is -2.61. The van der Waals surface area contributed by atoms with Crippen LogP contribution in [0, 0.1) is 6.92 Å². The molecule has 0 unspecified atom stereocenters. The number of fused-ring (bicyclic) bond motifs is 7. The van der Waals surface area contributed by atoms with Gasteiger partial charge >= 0.3 is 0 Å². The molecule has 9 aromatic carbocycles. The molecule has 366 valence electrons. The first kappa shape index (κ1) is 47.4. The smallest absolute Gasteiger partial charge is 0.252 e. The first-order valence-electron chi connectivity index (χ1n) is 26.7. The summed E-state index contributed by atoms with van der Waals surface area (Å²) in [6.45, 7) is 28.0. The van der Waals surface area contributed by atoms with Crippen molar-refractivity contribution in [1.82, 2.24) is 0 Å². The Balaban J connectivity index is 1.18. The summed E-state index contributed by atoms with van der Waals surface area (Å²) in [5.74, 6) is 0. The zero-order chi connectivity index (χ0) is 51.6. The first-order chi connectivity index (χ1) is 35.3. The third-order valence-electron chi connectivity index (χ3n) is 16.3. The summed E-state index contributed by atoms with van der Waals surface area (Å²) in [4.78, 5) is 7.70. The monoisotopic (exact) mass is 962 g/mol. The van der Waals surface area contributed by atoms with Crippen molar-refractivity contribution in [3.8, 4) is 22.3 Å². The predicted molar refractivity (Wildman–Crippen MR) is 319 cm³/mol. The molecule has 0 aromatic heterocycles. The molecule has 4 heteroatoms. The molecule has 12 rings (SSSR count). The number of nitrogens with zero attached hydrogens (tertiary/aromatic N) is 3. The van der Waals surface area contributed by atoms with Crippen molar-refractivity contribution in [2.45, 2.75) is 105 Å². The quantitative estimate of drug-likeness (QED) is 0.154. The Kier molecular flexibility index (Phi) is 10.9. The fourth-order valence-electron chi connectivity index (χ4n) is 12.4. The van der Waals surface area contributed by atoms with Crippen molar-refractivity contribution in [2.24, 2.45) is 0 Å². The number of aryl methyl sites for hydroxylation is 1. The first-order valence-corrected chi connectivity index (χ1v) is 26.7. The van der Waals surface area contributed by atoms with E-state index in [0.717, 1.165) is 17.1 Å². The van der Waals surface area contributed by atoms with Crippen LogP contribution in [-0.4, -0.2) is 6.71 Å². The van der Waals surface area contributed by atoms with Gasteiger partial charge in [-0.3, -0.25) is 0 Å². The lowest BCUT2D eigenvalue weighted by Gasteiger charge is -2.46. The minimum Gasteiger partial charge on any atom is -0.311 e. The highest BCUT2D eigenvalue weighted by Gasteiger charge is 2.47. The summed E-state index contributed by atoms with van der Waals surface area (Å²) in [5, 5.41) is 0. The average molecular weight is 962 g/mol. The third kappa shape index (κ3) is 7.63. The lowest BCUT2D eigenvalue weighted by molar-refractivity contribution is 0.590. The molecule has 2 heterocycles. The molecule has 0 atom stereocenters. The van der Waals surface area contributed by atoms with Crippen LogP contribution in [0.5, 0.6) is 0 Å². The van der Waals surface area contributed by atoms with Gasteiger partial charge in [0.2, 0.25) is 0 Å². The van der Waals surface area contributed by atoms with Gasteiger partial charge in [-0.15, -0.1) is 0 Å². The second-order valence-corrected chi connectivity index (χ2v) is 24.8. The summed E-state index contributed by atoms with van der Waals surface area (Å²) in [6.07, 6.45) is 0. The summed E-state index contributed by atoms with van der Waals surface area (Å²) in [7, 11) is 0. The van der Waals surface area contributed by atoms with Gasteiger partial charge in [0, 0.05) is 50.8 Å². The van der Waals surface area contributed by atoms with Crippen LogP contribution < -0.4 is 31.1 Å². The van der Waals surface area contributed by atoms with Crippen molar-refractivity contribution in [2.75, 3.05) is 14.7 Å². The zero-order valence-corrected chi connectivity index (χ0v) is 45.4. The zero-order valence-electron chi connectivity index (χ0n) is 45.4. The van der Waals surface area contributed by atoms with Gasteiger partial charge in [0.05, 0.1) is 11.4 Å². The van der Waals surface area contributed by atoms with Crippen LogP contribution in [0.4, 0.5) is 51.2 Å². The second kappa shape index (κ2) is 17.0. The Bertz CT molecular complexity index is 3620. The van der Waals surface area contributed by atoms with E-state index in [1.54, 1.807) is 0 Å². The SMILES string of the molecule is Cc1cc2c3c(c1)N(c1cccc4c1C(C)(C)c1ccccc1-4)c1cc(N(c4ccccc4)c4ccccc4)ccc1B3c1cc(C(C)(C)C)ccc1N2c1ccc(C(C)(C)C)cc1-c1ccc(C(C)(C)C)cc1. The normalized spacial score (nSPS) is 14.2. The highest BCUT2D eigenvalue weighted by molar-refractivity contribution is 7.00. The molecule has 0 N–H and O–H groups in total. The summed E-state index contributed by atoms with van der Waals surface area (Å²) in [6, 6.07) is 74.0. The van der Waals surface area contributed by atoms with E-state index in [2.05, 4.69) is 292 Å². The van der Waals surface area contributed by atoms with Crippen LogP contribution in [-0.2, 0) is 21.7 Å². The minimum absolute atomic E-state index is 0.0437. The fourth-order valence-corrected chi connectivity index (χ4v) is 12.4. The maximum atomic E-state index is 2.66. The van der Waals surface area contributed by atoms with E-state index in [1.165, 1.54) is 106 Å². The molecule has 9 aromatic rings. The standard InChI is InChI=1S/C70H68BN3/c1-45-40-63-66-64(41-45)74(61-29-21-27-54-53-26-19-20-28-56(53)70(11,12)65(54)61)62-44-52(72(50-22-15-13-16-23-50)51-24-17-14-18-25-51)36-37-57(62)71(66)58-43-49(69(8,9)10)35-39-60(58)73(63)59-38-34-48(68(5,6)7)42-55(59)46-30-32-47(33-31-46)67(2,3)4/h13-44H,1-12H3. The van der Waals surface area contributed by atoms with E-state index < -0.39 is 0 Å². The molecule has 0 bridgehead atoms. The van der Waals surface area contributed by atoms with Crippen LogP contribution in [0.15, 0.2) is 194 Å². The molecule has 0 radical (unpaired) electrons. The van der Waals surface area contributed by atoms with Crippen LogP contribution in [0.3, 0.4) is 0 Å². The van der Waals surface area contributed by atoms with Crippen molar-refractivity contribution >= 4 is 74.3 Å². The fraction of sp³-hybridized carbons (Fsp3) is 0.229. The number of hydrogen-bond donors (Lipinski definition) is 0. The van der Waals surface area contributed by atoms with Crippen LogP contribution in [0.1, 0.15) is 110 Å². The highest BCUT2D eigenvalue weighted by Crippen LogP contribution is 2.56. The van der Waals surface area contributed by atoms with Crippen molar-refractivity contribution < 1.29 is 0 Å². The molecule has 1 aliphatic carbocycles. The van der Waals surface area contributed by atoms with Gasteiger partial charge in [0.1, 0.15) is 0 Å². The Morgan fingerprint density at radius 3 is 1.55 bits per heavy atom. The molecule has 2 aliphatic heterocycles. The van der Waals surface area contributed by atoms with Gasteiger partial charge in [0.15, 0.2) is 0 Å². The molecule has 0 spiro atoms. The summed E-state index contributed by atoms with van der Waals surface area (Å²) < 4.78 is 0. The van der Waals surface area contributed by atoms with Crippen LogP contribution in [0.25, 0.3) is 22.3 Å². The highest BCUT2D eigenvalue weighted by atomic mass is 15.2. The van der Waals surface area contributed by atoms with Crippen LogP contribution in [0.2, 0.25) is 0 Å². The molecule has 74 heavy (non-hydrogen) atoms. The molecule has 3 aliphatic rings. The third-order valence-corrected chi connectivity index (χ3v) is 16.3. The molecular formula is C70H68BN3. The average Bonchev–Trinajstić information content (AvgIpc) is 3.72. The van der Waals surface area contributed by atoms with Gasteiger partial charge in [-0.25, -0.2) is 0 Å². The van der Waals surface area contributed by atoms with Crippen molar-refractivity contribution in [3.63, 3.8) is 0 Å². The molecule has 0 amide bonds. The van der Waals surface area contributed by atoms with Crippen molar-refractivity contribution in [1.29, 1.82) is 0 Å². The van der Waals surface area contributed by atoms with Gasteiger partial charge in [-0.05, 0) is 162 Å². The maximum absolute atomic E-state index is 2.66. The van der Waals surface area contributed by atoms with Crippen molar-refractivity contribution in [3.05, 3.63) is 228 Å². The Morgan fingerprint density at radius 2 is 0.932 bits per heavy atom. The Labute approximate surface area is 441 Å². The van der Waals surface area contributed by atoms with Gasteiger partial charge in [-0.2, -0.15) is 0 Å². The minimum atomic E-state index is -0.256. The van der Waals surface area contributed by atoms with E-state index in [-0.39, 0.29) is 28.4 Å². The predicted octanol–water partition coefficient (Wildman–Crippen LogP) is 17.4. The second-order valence-electron chi connectivity index (χ2n) is 24.8. The van der Waals surface area contributed by atoms with E-state index in [1.807, 2.05) is 0 Å². The van der Waals surface area contributed by atoms with E-state index in [4.69, 9.17) is 0 Å². The summed E-state index contributed by atoms with van der Waals surface area (Å²) in [5.41, 5.74) is 27.2. The molecule has 0 fully saturated rings. The summed E-state index contributed by atoms with van der Waals surface area (Å²) >= 11 is 0. The molecular weight excluding hydrogens is 894 g/mol. The Morgan fingerprint density at radius 1 is 0.392 bits per heavy atom. The number of anilines is 9. The number of benzene rings is 9. The van der Waals surface area contributed by atoms with E-state index in [9.17, 15) is 0 Å².